The summed E-state index contributed by atoms with van der Waals surface area (Å²) in [5, 5.41) is 0.179. The van der Waals surface area contributed by atoms with E-state index in [1.165, 1.54) is 18.2 Å². The molecule has 0 bridgehead atoms. The Morgan fingerprint density at radius 3 is 2.65 bits per heavy atom. The molecule has 1 rings (SSSR count). The van der Waals surface area contributed by atoms with Gasteiger partial charge in [-0.2, -0.15) is 0 Å². The van der Waals surface area contributed by atoms with Gasteiger partial charge in [0.2, 0.25) is 0 Å². The van der Waals surface area contributed by atoms with E-state index < -0.39 is 18.5 Å². The van der Waals surface area contributed by atoms with Crippen molar-refractivity contribution in [2.45, 2.75) is 6.92 Å². The minimum Gasteiger partial charge on any atom is -0.463 e. The van der Waals surface area contributed by atoms with Gasteiger partial charge in [0.1, 0.15) is 0 Å². The van der Waals surface area contributed by atoms with Gasteiger partial charge in [0.05, 0.1) is 17.2 Å². The Morgan fingerprint density at radius 2 is 2.06 bits per heavy atom. The van der Waals surface area contributed by atoms with Gasteiger partial charge in [-0.3, -0.25) is 0 Å². The largest absolute Gasteiger partial charge is 0.463 e. The summed E-state index contributed by atoms with van der Waals surface area (Å²) in [6.07, 6.45) is 0. The molecule has 0 saturated carbocycles. The summed E-state index contributed by atoms with van der Waals surface area (Å²) in [7, 11) is 0. The number of nitrogens with two attached hydrogens (primary N) is 1. The second kappa shape index (κ2) is 6.10. The van der Waals surface area contributed by atoms with E-state index in [0.717, 1.165) is 0 Å². The first-order valence-corrected chi connectivity index (χ1v) is 5.30. The van der Waals surface area contributed by atoms with Crippen molar-refractivity contribution in [3.63, 3.8) is 0 Å². The highest BCUT2D eigenvalue weighted by Gasteiger charge is 2.14. The third-order valence-electron chi connectivity index (χ3n) is 1.84. The van der Waals surface area contributed by atoms with Gasteiger partial charge >= 0.3 is 11.9 Å². The fourth-order valence-electron chi connectivity index (χ4n) is 1.10. The van der Waals surface area contributed by atoms with Crippen LogP contribution in [-0.2, 0) is 14.3 Å². The molecule has 17 heavy (non-hydrogen) atoms. The first-order chi connectivity index (χ1) is 8.04. The minimum atomic E-state index is -0.692. The Hall–Kier alpha value is -1.75. The lowest BCUT2D eigenvalue weighted by Gasteiger charge is -2.06. The number of carbonyl (C=O) groups is 2. The summed E-state index contributed by atoms with van der Waals surface area (Å²) >= 11 is 5.80. The molecular weight excluding hydrogens is 246 g/mol. The molecule has 0 aliphatic heterocycles. The number of rotatable bonds is 4. The maximum absolute atomic E-state index is 11.5. The molecule has 0 heterocycles. The number of hydrogen-bond acceptors (Lipinski definition) is 5. The van der Waals surface area contributed by atoms with Crippen LogP contribution in [0.3, 0.4) is 0 Å². The van der Waals surface area contributed by atoms with E-state index in [0.29, 0.717) is 5.69 Å². The fourth-order valence-corrected chi connectivity index (χ4v) is 1.37. The van der Waals surface area contributed by atoms with Crippen molar-refractivity contribution in [1.82, 2.24) is 0 Å². The van der Waals surface area contributed by atoms with Crippen LogP contribution >= 0.6 is 11.6 Å². The minimum absolute atomic E-state index is 0.158. The number of anilines is 1. The second-order valence-corrected chi connectivity index (χ2v) is 3.53. The van der Waals surface area contributed by atoms with Crippen molar-refractivity contribution in [2.24, 2.45) is 0 Å². The van der Waals surface area contributed by atoms with Crippen molar-refractivity contribution in [3.8, 4) is 0 Å². The number of hydrogen-bond donors (Lipinski definition) is 1. The van der Waals surface area contributed by atoms with Gasteiger partial charge in [-0.05, 0) is 25.1 Å². The molecular formula is C11H12ClNO4. The number of ether oxygens (including phenoxy) is 2. The molecule has 0 saturated heterocycles. The van der Waals surface area contributed by atoms with Crippen LogP contribution in [-0.4, -0.2) is 25.2 Å². The zero-order chi connectivity index (χ0) is 12.8. The molecule has 0 unspecified atom stereocenters. The quantitative estimate of drug-likeness (QED) is 0.655. The molecule has 1 aromatic rings. The van der Waals surface area contributed by atoms with Crippen LogP contribution in [0.25, 0.3) is 0 Å². The van der Waals surface area contributed by atoms with Gasteiger partial charge in [0.25, 0.3) is 0 Å². The molecule has 0 aliphatic carbocycles. The van der Waals surface area contributed by atoms with Gasteiger partial charge in [0, 0.05) is 5.69 Å². The van der Waals surface area contributed by atoms with Crippen LogP contribution in [0.2, 0.25) is 5.02 Å². The Balaban J connectivity index is 2.61. The van der Waals surface area contributed by atoms with E-state index in [-0.39, 0.29) is 17.2 Å². The summed E-state index contributed by atoms with van der Waals surface area (Å²) in [6.45, 7) is 1.46. The Morgan fingerprint density at radius 1 is 1.35 bits per heavy atom. The summed E-state index contributed by atoms with van der Waals surface area (Å²) in [4.78, 5) is 22.5. The van der Waals surface area contributed by atoms with Crippen LogP contribution in [0.1, 0.15) is 17.3 Å². The monoisotopic (exact) mass is 257 g/mol. The molecule has 5 nitrogen and oxygen atoms in total. The predicted octanol–water partition coefficient (Wildman–Crippen LogP) is 1.64. The third kappa shape index (κ3) is 3.96. The van der Waals surface area contributed by atoms with E-state index in [1.54, 1.807) is 6.92 Å². The summed E-state index contributed by atoms with van der Waals surface area (Å²) in [5.41, 5.74) is 6.08. The van der Waals surface area contributed by atoms with E-state index in [4.69, 9.17) is 22.1 Å². The van der Waals surface area contributed by atoms with Crippen LogP contribution < -0.4 is 5.73 Å². The van der Waals surface area contributed by atoms with Crippen molar-refractivity contribution in [2.75, 3.05) is 18.9 Å². The Labute approximate surface area is 103 Å². The standard InChI is InChI=1S/C11H12ClNO4/c1-2-16-10(14)6-17-11(15)8-4-3-7(13)5-9(8)12/h3-5H,2,6,13H2,1H3. The van der Waals surface area contributed by atoms with Crippen LogP contribution in [0.4, 0.5) is 5.69 Å². The summed E-state index contributed by atoms with van der Waals surface area (Å²) in [6, 6.07) is 4.39. The van der Waals surface area contributed by atoms with Crippen LogP contribution in [0.15, 0.2) is 18.2 Å². The first kappa shape index (κ1) is 13.3. The second-order valence-electron chi connectivity index (χ2n) is 3.12. The highest BCUT2D eigenvalue weighted by molar-refractivity contribution is 6.33. The lowest BCUT2D eigenvalue weighted by atomic mass is 10.2. The molecule has 6 heteroatoms. The van der Waals surface area contributed by atoms with Crippen molar-refractivity contribution < 1.29 is 19.1 Å². The molecule has 2 N–H and O–H groups in total. The highest BCUT2D eigenvalue weighted by atomic mass is 35.5. The molecule has 1 aromatic carbocycles. The van der Waals surface area contributed by atoms with Gasteiger partial charge in [-0.1, -0.05) is 11.6 Å². The fraction of sp³-hybridized carbons (Fsp3) is 0.273. The number of carbonyl (C=O) groups excluding carboxylic acids is 2. The average Bonchev–Trinajstić information content (AvgIpc) is 2.26. The molecule has 0 fully saturated rings. The molecule has 0 aromatic heterocycles. The topological polar surface area (TPSA) is 78.6 Å². The van der Waals surface area contributed by atoms with E-state index in [1.807, 2.05) is 0 Å². The molecule has 0 radical (unpaired) electrons. The highest BCUT2D eigenvalue weighted by Crippen LogP contribution is 2.19. The third-order valence-corrected chi connectivity index (χ3v) is 2.15. The zero-order valence-electron chi connectivity index (χ0n) is 9.23. The normalized spacial score (nSPS) is 9.76. The SMILES string of the molecule is CCOC(=O)COC(=O)c1ccc(N)cc1Cl. The first-order valence-electron chi connectivity index (χ1n) is 4.92. The molecule has 0 spiro atoms. The van der Waals surface area contributed by atoms with Gasteiger partial charge in [-0.15, -0.1) is 0 Å². The van der Waals surface area contributed by atoms with Crippen LogP contribution in [0.5, 0.6) is 0 Å². The molecule has 0 amide bonds. The number of halogens is 1. The number of benzene rings is 1. The van der Waals surface area contributed by atoms with Crippen molar-refractivity contribution in [1.29, 1.82) is 0 Å². The zero-order valence-corrected chi connectivity index (χ0v) is 9.99. The summed E-state index contributed by atoms with van der Waals surface area (Å²) in [5.74, 6) is -1.30. The van der Waals surface area contributed by atoms with E-state index in [2.05, 4.69) is 4.74 Å². The predicted molar refractivity (Wildman–Crippen MR) is 62.8 cm³/mol. The van der Waals surface area contributed by atoms with Gasteiger partial charge in [0.15, 0.2) is 6.61 Å². The Kier molecular flexibility index (Phi) is 4.78. The molecule has 0 aliphatic rings. The number of nitrogen functional groups attached to an aromatic ring is 1. The average molecular weight is 258 g/mol. The van der Waals surface area contributed by atoms with Crippen molar-refractivity contribution in [3.05, 3.63) is 28.8 Å². The van der Waals surface area contributed by atoms with Gasteiger partial charge < -0.3 is 15.2 Å². The number of esters is 2. The summed E-state index contributed by atoms with van der Waals surface area (Å²) < 4.78 is 9.33. The smallest absolute Gasteiger partial charge is 0.344 e. The lowest BCUT2D eigenvalue weighted by Crippen LogP contribution is -2.16. The Bertz CT molecular complexity index is 433. The van der Waals surface area contributed by atoms with Crippen LogP contribution in [0, 0.1) is 0 Å². The van der Waals surface area contributed by atoms with Crippen molar-refractivity contribution >= 4 is 29.2 Å². The maximum atomic E-state index is 11.5. The lowest BCUT2D eigenvalue weighted by molar-refractivity contribution is -0.146. The van der Waals surface area contributed by atoms with Gasteiger partial charge in [-0.25, -0.2) is 9.59 Å². The van der Waals surface area contributed by atoms with E-state index in [9.17, 15) is 9.59 Å². The maximum Gasteiger partial charge on any atom is 0.344 e. The molecule has 0 atom stereocenters. The molecule has 92 valence electrons. The van der Waals surface area contributed by atoms with E-state index >= 15 is 0 Å².